The van der Waals surface area contributed by atoms with Gasteiger partial charge in [0, 0.05) is 55.1 Å². The van der Waals surface area contributed by atoms with Crippen molar-refractivity contribution in [3.63, 3.8) is 0 Å². The van der Waals surface area contributed by atoms with Crippen molar-refractivity contribution < 1.29 is 19.1 Å². The number of primary amides is 1. The summed E-state index contributed by atoms with van der Waals surface area (Å²) in [6.07, 6.45) is 16.1. The molecule has 3 rings (SSSR count). The smallest absolute Gasteiger partial charge is 0.312 e. The molecule has 2 heterocycles. The highest BCUT2D eigenvalue weighted by atomic mass is 32.2. The Morgan fingerprint density at radius 3 is 2.58 bits per heavy atom. The maximum Gasteiger partial charge on any atom is 0.312 e. The Bertz CT molecular complexity index is 769. The summed E-state index contributed by atoms with van der Waals surface area (Å²) in [5.74, 6) is 1.73. The van der Waals surface area contributed by atoms with Gasteiger partial charge in [-0.05, 0) is 77.0 Å². The zero-order chi connectivity index (χ0) is 28.6. The van der Waals surface area contributed by atoms with E-state index in [9.17, 15) is 14.4 Å². The topological polar surface area (TPSA) is 138 Å². The van der Waals surface area contributed by atoms with Gasteiger partial charge < -0.3 is 21.1 Å². The van der Waals surface area contributed by atoms with Gasteiger partial charge in [-0.2, -0.15) is 17.3 Å². The number of hydrogen-bond acceptors (Lipinski definition) is 8. The molecule has 2 unspecified atom stereocenters. The summed E-state index contributed by atoms with van der Waals surface area (Å²) in [4.78, 5) is 35.0. The van der Waals surface area contributed by atoms with Crippen molar-refractivity contribution in [1.82, 2.24) is 26.6 Å². The number of amides is 3. The van der Waals surface area contributed by atoms with Crippen LogP contribution in [0.1, 0.15) is 110 Å². The zero-order valence-corrected chi connectivity index (χ0v) is 25.4. The van der Waals surface area contributed by atoms with Gasteiger partial charge in [-0.1, -0.05) is 25.7 Å². The van der Waals surface area contributed by atoms with Crippen LogP contribution in [0, 0.1) is 5.92 Å². The van der Waals surface area contributed by atoms with Gasteiger partial charge in [-0.15, -0.1) is 0 Å². The van der Waals surface area contributed by atoms with Crippen LogP contribution in [0.25, 0.3) is 0 Å². The fourth-order valence-electron chi connectivity index (χ4n) is 6.35. The molecular formula is C29H54N6O4S. The fraction of sp³-hybridized carbons (Fsp3) is 0.897. The number of urea groups is 1. The summed E-state index contributed by atoms with van der Waals surface area (Å²) in [7, 11) is 0. The molecular weight excluding hydrogens is 528 g/mol. The van der Waals surface area contributed by atoms with Crippen LogP contribution in [0.4, 0.5) is 4.79 Å². The highest BCUT2D eigenvalue weighted by molar-refractivity contribution is 8.00. The molecule has 1 saturated carbocycles. The molecule has 0 radical (unpaired) electrons. The molecule has 6 N–H and O–H groups in total. The van der Waals surface area contributed by atoms with E-state index in [2.05, 4.69) is 33.5 Å². The SMILES string of the molecule is CC1NNN(CCCCCC(=O)OCCCCCNC(=O)CCCC[C@@H]2C[C@@H](NC(N)=O)CS2)C1C1CCCC1. The summed E-state index contributed by atoms with van der Waals surface area (Å²) in [6, 6.07) is 0.796. The highest BCUT2D eigenvalue weighted by Crippen LogP contribution is 2.33. The first kappa shape index (κ1) is 32.9. The van der Waals surface area contributed by atoms with Crippen LogP contribution < -0.4 is 27.3 Å². The lowest BCUT2D eigenvalue weighted by Crippen LogP contribution is -2.43. The van der Waals surface area contributed by atoms with Crippen molar-refractivity contribution in [2.24, 2.45) is 11.7 Å². The quantitative estimate of drug-likeness (QED) is 0.115. The maximum atomic E-state index is 12.0. The summed E-state index contributed by atoms with van der Waals surface area (Å²) in [6.45, 7) is 4.42. The Morgan fingerprint density at radius 1 is 1.00 bits per heavy atom. The van der Waals surface area contributed by atoms with Gasteiger partial charge in [-0.25, -0.2) is 15.2 Å². The minimum Gasteiger partial charge on any atom is -0.466 e. The number of carbonyl (C=O) groups is 3. The molecule has 230 valence electrons. The molecule has 11 heteroatoms. The number of nitrogens with two attached hydrogens (primary N) is 1. The van der Waals surface area contributed by atoms with Crippen molar-refractivity contribution in [2.45, 2.75) is 133 Å². The molecule has 2 saturated heterocycles. The molecule has 0 spiro atoms. The molecule has 0 aromatic heterocycles. The van der Waals surface area contributed by atoms with Crippen molar-refractivity contribution in [3.05, 3.63) is 0 Å². The molecule has 40 heavy (non-hydrogen) atoms. The average Bonchev–Trinajstić information content (AvgIpc) is 3.67. The first-order chi connectivity index (χ1) is 19.4. The highest BCUT2D eigenvalue weighted by Gasteiger charge is 2.37. The second-order valence-corrected chi connectivity index (χ2v) is 13.2. The largest absolute Gasteiger partial charge is 0.466 e. The van der Waals surface area contributed by atoms with Crippen LogP contribution in [0.15, 0.2) is 0 Å². The lowest BCUT2D eigenvalue weighted by molar-refractivity contribution is -0.143. The number of nitrogens with one attached hydrogen (secondary N) is 4. The molecule has 4 atom stereocenters. The third-order valence-corrected chi connectivity index (χ3v) is 9.98. The number of rotatable bonds is 19. The summed E-state index contributed by atoms with van der Waals surface area (Å²) >= 11 is 1.88. The van der Waals surface area contributed by atoms with Crippen molar-refractivity contribution in [3.8, 4) is 0 Å². The number of ether oxygens (including phenoxy) is 1. The average molecular weight is 583 g/mol. The Labute approximate surface area is 245 Å². The molecule has 0 aromatic carbocycles. The van der Waals surface area contributed by atoms with Gasteiger partial charge in [0.2, 0.25) is 5.91 Å². The standard InChI is InChI=1S/C29H54N6O4S/c1-22-28(23-12-5-6-13-23)35(34-33-22)18-10-2-4-16-27(37)39-19-11-3-9-17-31-26(36)15-8-7-14-25-20-24(21-40-25)32-29(30)38/h22-25,28,33-34H,2-21H2,1H3,(H,31,36)(H3,30,32,38)/t22?,24-,25-,28?/m1/s1. The minimum atomic E-state index is -0.448. The fourth-order valence-corrected chi connectivity index (χ4v) is 7.78. The van der Waals surface area contributed by atoms with Gasteiger partial charge in [0.15, 0.2) is 0 Å². The summed E-state index contributed by atoms with van der Waals surface area (Å²) in [5, 5.41) is 8.71. The number of hydrazine groups is 2. The first-order valence-electron chi connectivity index (χ1n) is 15.8. The number of thioether (sulfide) groups is 1. The minimum absolute atomic E-state index is 0.0950. The lowest BCUT2D eigenvalue weighted by Gasteiger charge is -2.29. The molecule has 0 bridgehead atoms. The Balaban J connectivity index is 1.07. The predicted molar refractivity (Wildman–Crippen MR) is 160 cm³/mol. The van der Waals surface area contributed by atoms with Gasteiger partial charge in [0.25, 0.3) is 0 Å². The van der Waals surface area contributed by atoms with Gasteiger partial charge >= 0.3 is 12.0 Å². The first-order valence-corrected chi connectivity index (χ1v) is 16.8. The number of esters is 1. The van der Waals surface area contributed by atoms with Crippen molar-refractivity contribution >= 4 is 29.7 Å². The number of hydrogen-bond donors (Lipinski definition) is 5. The number of nitrogens with zero attached hydrogens (tertiary/aromatic N) is 1. The van der Waals surface area contributed by atoms with Crippen LogP contribution in [0.2, 0.25) is 0 Å². The normalized spacial score (nSPS) is 25.3. The van der Waals surface area contributed by atoms with Gasteiger partial charge in [-0.3, -0.25) is 9.59 Å². The Hall–Kier alpha value is -1.56. The molecule has 3 aliphatic rings. The molecule has 10 nitrogen and oxygen atoms in total. The van der Waals surface area contributed by atoms with Crippen LogP contribution in [0.5, 0.6) is 0 Å². The summed E-state index contributed by atoms with van der Waals surface area (Å²) in [5.41, 5.74) is 12.0. The molecule has 2 aliphatic heterocycles. The Kier molecular flexibility index (Phi) is 15.5. The summed E-state index contributed by atoms with van der Waals surface area (Å²) < 4.78 is 5.39. The van der Waals surface area contributed by atoms with E-state index in [4.69, 9.17) is 10.5 Å². The third-order valence-electron chi connectivity index (χ3n) is 8.48. The molecule has 3 fully saturated rings. The molecule has 1 aliphatic carbocycles. The van der Waals surface area contributed by atoms with E-state index in [0.29, 0.717) is 43.3 Å². The van der Waals surface area contributed by atoms with Crippen LogP contribution in [-0.4, -0.2) is 71.7 Å². The van der Waals surface area contributed by atoms with E-state index >= 15 is 0 Å². The van der Waals surface area contributed by atoms with E-state index < -0.39 is 6.03 Å². The number of carbonyl (C=O) groups excluding carboxylic acids is 3. The molecule has 0 aromatic rings. The second kappa shape index (κ2) is 18.8. The Morgan fingerprint density at radius 2 is 1.77 bits per heavy atom. The van der Waals surface area contributed by atoms with E-state index in [-0.39, 0.29) is 17.9 Å². The maximum absolute atomic E-state index is 12.0. The number of unbranched alkanes of at least 4 members (excludes halogenated alkanes) is 5. The van der Waals surface area contributed by atoms with Crippen LogP contribution in [-0.2, 0) is 14.3 Å². The van der Waals surface area contributed by atoms with E-state index in [0.717, 1.165) is 82.4 Å². The van der Waals surface area contributed by atoms with E-state index in [1.807, 2.05) is 11.8 Å². The van der Waals surface area contributed by atoms with Crippen LogP contribution in [0.3, 0.4) is 0 Å². The zero-order valence-electron chi connectivity index (χ0n) is 24.6. The third kappa shape index (κ3) is 12.5. The molecule has 3 amide bonds. The lowest BCUT2D eigenvalue weighted by atomic mass is 9.93. The van der Waals surface area contributed by atoms with Crippen molar-refractivity contribution in [2.75, 3.05) is 25.4 Å². The van der Waals surface area contributed by atoms with E-state index in [1.165, 1.54) is 25.7 Å². The second-order valence-electron chi connectivity index (χ2n) is 11.9. The van der Waals surface area contributed by atoms with Crippen LogP contribution >= 0.6 is 11.8 Å². The van der Waals surface area contributed by atoms with Gasteiger partial charge in [0.1, 0.15) is 0 Å². The monoisotopic (exact) mass is 582 g/mol. The van der Waals surface area contributed by atoms with Gasteiger partial charge in [0.05, 0.1) is 6.61 Å². The predicted octanol–water partition coefficient (Wildman–Crippen LogP) is 3.75. The van der Waals surface area contributed by atoms with E-state index in [1.54, 1.807) is 0 Å². The van der Waals surface area contributed by atoms with Crippen molar-refractivity contribution in [1.29, 1.82) is 0 Å².